The molecule has 0 aliphatic carbocycles. The van der Waals surface area contributed by atoms with Gasteiger partial charge >= 0.3 is 0 Å². The van der Waals surface area contributed by atoms with Crippen LogP contribution in [0.4, 0.5) is 0 Å². The molecule has 2 heterocycles. The molecule has 1 aromatic carbocycles. The van der Waals surface area contributed by atoms with Crippen molar-refractivity contribution in [3.8, 4) is 5.75 Å². The van der Waals surface area contributed by atoms with Gasteiger partial charge in [-0.05, 0) is 37.1 Å². The van der Waals surface area contributed by atoms with Gasteiger partial charge in [-0.2, -0.15) is 0 Å². The van der Waals surface area contributed by atoms with Gasteiger partial charge in [0.1, 0.15) is 18.1 Å². The first-order valence-corrected chi connectivity index (χ1v) is 7.86. The highest BCUT2D eigenvalue weighted by molar-refractivity contribution is 5.93. The molecule has 0 unspecified atom stereocenters. The lowest BCUT2D eigenvalue weighted by Gasteiger charge is -2.24. The van der Waals surface area contributed by atoms with Crippen molar-refractivity contribution in [2.75, 3.05) is 13.7 Å². The van der Waals surface area contributed by atoms with Gasteiger partial charge in [0.25, 0.3) is 5.91 Å². The molecule has 3 rings (SSSR count). The molecule has 2 N–H and O–H groups in total. The molecule has 1 saturated heterocycles. The first-order valence-electron chi connectivity index (χ1n) is 7.86. The number of methoxy groups -OCH3 is 1. The molecule has 0 saturated carbocycles. The number of aliphatic hydroxyl groups excluding tert-OH is 2. The van der Waals surface area contributed by atoms with Crippen molar-refractivity contribution in [3.63, 3.8) is 0 Å². The SMILES string of the molecule is COc1cccc([C@H]2C[C@H](O)CN2C(=O)c2oc(CO)cc2C)c1. The Morgan fingerprint density at radius 1 is 1.42 bits per heavy atom. The molecule has 6 nitrogen and oxygen atoms in total. The van der Waals surface area contributed by atoms with Crippen molar-refractivity contribution < 1.29 is 24.2 Å². The second kappa shape index (κ2) is 6.67. The molecular formula is C18H21NO5. The Balaban J connectivity index is 1.92. The van der Waals surface area contributed by atoms with Crippen molar-refractivity contribution in [1.82, 2.24) is 4.90 Å². The van der Waals surface area contributed by atoms with Gasteiger partial charge in [0.2, 0.25) is 0 Å². The molecule has 1 amide bonds. The number of β-amino-alcohol motifs (C(OH)–C–C–N with tert-alkyl or cyclic N) is 1. The molecule has 128 valence electrons. The Labute approximate surface area is 140 Å². The van der Waals surface area contributed by atoms with Gasteiger partial charge in [-0.3, -0.25) is 4.79 Å². The van der Waals surface area contributed by atoms with Gasteiger partial charge in [-0.15, -0.1) is 0 Å². The van der Waals surface area contributed by atoms with Crippen LogP contribution in [0.15, 0.2) is 34.7 Å². The van der Waals surface area contributed by atoms with Crippen molar-refractivity contribution in [2.24, 2.45) is 0 Å². The molecule has 1 aliphatic rings. The fourth-order valence-corrected chi connectivity index (χ4v) is 3.17. The summed E-state index contributed by atoms with van der Waals surface area (Å²) in [5.41, 5.74) is 1.58. The summed E-state index contributed by atoms with van der Waals surface area (Å²) in [4.78, 5) is 14.5. The molecule has 0 spiro atoms. The summed E-state index contributed by atoms with van der Waals surface area (Å²) in [6.07, 6.45) is -0.122. The van der Waals surface area contributed by atoms with Crippen LogP contribution in [0.3, 0.4) is 0 Å². The highest BCUT2D eigenvalue weighted by atomic mass is 16.5. The summed E-state index contributed by atoms with van der Waals surface area (Å²) in [7, 11) is 1.59. The van der Waals surface area contributed by atoms with Crippen molar-refractivity contribution in [1.29, 1.82) is 0 Å². The van der Waals surface area contributed by atoms with Crippen LogP contribution in [-0.4, -0.2) is 40.8 Å². The van der Waals surface area contributed by atoms with Crippen LogP contribution in [0.5, 0.6) is 5.75 Å². The molecule has 2 aromatic rings. The van der Waals surface area contributed by atoms with E-state index < -0.39 is 6.10 Å². The summed E-state index contributed by atoms with van der Waals surface area (Å²) in [6, 6.07) is 8.90. The maximum Gasteiger partial charge on any atom is 0.290 e. The van der Waals surface area contributed by atoms with Crippen LogP contribution in [0.1, 0.15) is 39.9 Å². The number of aliphatic hydroxyl groups is 2. The third kappa shape index (κ3) is 3.02. The number of furan rings is 1. The molecule has 1 aromatic heterocycles. The average Bonchev–Trinajstić information content (AvgIpc) is 3.17. The minimum atomic E-state index is -0.585. The quantitative estimate of drug-likeness (QED) is 0.896. The topological polar surface area (TPSA) is 83.1 Å². The lowest BCUT2D eigenvalue weighted by Crippen LogP contribution is -2.32. The fourth-order valence-electron chi connectivity index (χ4n) is 3.17. The fraction of sp³-hybridized carbons (Fsp3) is 0.389. The van der Waals surface area contributed by atoms with Crippen molar-refractivity contribution in [3.05, 3.63) is 53.0 Å². The summed E-state index contributed by atoms with van der Waals surface area (Å²) < 4.78 is 10.7. The number of carbonyl (C=O) groups excluding carboxylic acids is 1. The predicted molar refractivity (Wildman–Crippen MR) is 86.8 cm³/mol. The molecule has 2 atom stereocenters. The zero-order chi connectivity index (χ0) is 17.3. The lowest BCUT2D eigenvalue weighted by atomic mass is 10.0. The van der Waals surface area contributed by atoms with E-state index in [1.54, 1.807) is 25.0 Å². The highest BCUT2D eigenvalue weighted by Crippen LogP contribution is 2.35. The summed E-state index contributed by atoms with van der Waals surface area (Å²) >= 11 is 0. The standard InChI is InChI=1S/C18H21NO5/c1-11-6-15(10-20)24-17(11)18(22)19-9-13(21)8-16(19)12-4-3-5-14(7-12)23-2/h3-7,13,16,20-21H,8-10H2,1-2H3/t13-,16+/m0/s1. The summed E-state index contributed by atoms with van der Waals surface area (Å²) in [5, 5.41) is 19.3. The van der Waals surface area contributed by atoms with Gasteiger partial charge in [-0.1, -0.05) is 12.1 Å². The summed E-state index contributed by atoms with van der Waals surface area (Å²) in [5.74, 6) is 0.990. The maximum atomic E-state index is 12.9. The zero-order valence-corrected chi connectivity index (χ0v) is 13.7. The average molecular weight is 331 g/mol. The number of hydrogen-bond acceptors (Lipinski definition) is 5. The Bertz CT molecular complexity index is 739. The number of ether oxygens (including phenoxy) is 1. The van der Waals surface area contributed by atoms with Crippen LogP contribution >= 0.6 is 0 Å². The molecule has 1 aliphatic heterocycles. The second-order valence-electron chi connectivity index (χ2n) is 6.02. The second-order valence-corrected chi connectivity index (χ2v) is 6.02. The molecule has 1 fully saturated rings. The van der Waals surface area contributed by atoms with Crippen molar-refractivity contribution in [2.45, 2.75) is 32.1 Å². The van der Waals surface area contributed by atoms with Crippen LogP contribution in [0.2, 0.25) is 0 Å². The monoisotopic (exact) mass is 331 g/mol. The molecule has 6 heteroatoms. The van der Waals surface area contributed by atoms with E-state index in [0.717, 1.165) is 5.56 Å². The minimum absolute atomic E-state index is 0.209. The van der Waals surface area contributed by atoms with E-state index in [9.17, 15) is 15.0 Å². The maximum absolute atomic E-state index is 12.9. The Morgan fingerprint density at radius 2 is 2.21 bits per heavy atom. The van der Waals surface area contributed by atoms with Gasteiger partial charge in [-0.25, -0.2) is 0 Å². The van der Waals surface area contributed by atoms with E-state index in [4.69, 9.17) is 9.15 Å². The van der Waals surface area contributed by atoms with E-state index in [0.29, 0.717) is 23.5 Å². The number of hydrogen-bond donors (Lipinski definition) is 2. The van der Waals surface area contributed by atoms with Gasteiger partial charge in [0.15, 0.2) is 5.76 Å². The Morgan fingerprint density at radius 3 is 2.88 bits per heavy atom. The molecular weight excluding hydrogens is 310 g/mol. The summed E-state index contributed by atoms with van der Waals surface area (Å²) in [6.45, 7) is 1.76. The third-order valence-electron chi connectivity index (χ3n) is 4.34. The number of rotatable bonds is 4. The lowest BCUT2D eigenvalue weighted by molar-refractivity contribution is 0.0678. The highest BCUT2D eigenvalue weighted by Gasteiger charge is 2.37. The van der Waals surface area contributed by atoms with E-state index >= 15 is 0 Å². The number of carbonyl (C=O) groups is 1. The Hall–Kier alpha value is -2.31. The Kier molecular flexibility index (Phi) is 4.59. The number of likely N-dealkylation sites (tertiary alicyclic amines) is 1. The van der Waals surface area contributed by atoms with E-state index in [1.807, 2.05) is 24.3 Å². The normalized spacial score (nSPS) is 20.4. The van der Waals surface area contributed by atoms with E-state index in [2.05, 4.69) is 0 Å². The number of nitrogens with zero attached hydrogens (tertiary/aromatic N) is 1. The minimum Gasteiger partial charge on any atom is -0.497 e. The predicted octanol–water partition coefficient (Wildman–Crippen LogP) is 2.04. The van der Waals surface area contributed by atoms with E-state index in [-0.39, 0.29) is 30.9 Å². The molecule has 24 heavy (non-hydrogen) atoms. The number of aryl methyl sites for hydroxylation is 1. The van der Waals surface area contributed by atoms with E-state index in [1.165, 1.54) is 0 Å². The van der Waals surface area contributed by atoms with Gasteiger partial charge in [0.05, 0.1) is 19.3 Å². The number of amides is 1. The first kappa shape index (κ1) is 16.5. The first-order chi connectivity index (χ1) is 11.5. The zero-order valence-electron chi connectivity index (χ0n) is 13.7. The van der Waals surface area contributed by atoms with Crippen LogP contribution in [-0.2, 0) is 6.61 Å². The molecule has 0 radical (unpaired) electrons. The number of benzene rings is 1. The van der Waals surface area contributed by atoms with Gasteiger partial charge < -0.3 is 24.3 Å². The van der Waals surface area contributed by atoms with Crippen LogP contribution < -0.4 is 4.74 Å². The molecule has 0 bridgehead atoms. The smallest absolute Gasteiger partial charge is 0.290 e. The van der Waals surface area contributed by atoms with Crippen molar-refractivity contribution >= 4 is 5.91 Å². The third-order valence-corrected chi connectivity index (χ3v) is 4.34. The van der Waals surface area contributed by atoms with Crippen LogP contribution in [0.25, 0.3) is 0 Å². The van der Waals surface area contributed by atoms with Gasteiger partial charge in [0, 0.05) is 12.1 Å². The largest absolute Gasteiger partial charge is 0.497 e. The van der Waals surface area contributed by atoms with Crippen LogP contribution in [0, 0.1) is 6.92 Å².